The van der Waals surface area contributed by atoms with Gasteiger partial charge in [0.1, 0.15) is 0 Å². The summed E-state index contributed by atoms with van der Waals surface area (Å²) in [5, 5.41) is 0. The van der Waals surface area contributed by atoms with Gasteiger partial charge >= 0.3 is 17.3 Å². The first-order valence-electron chi connectivity index (χ1n) is 7.73. The van der Waals surface area contributed by atoms with Crippen LogP contribution in [0.5, 0.6) is 0 Å². The van der Waals surface area contributed by atoms with Gasteiger partial charge in [0.2, 0.25) is 7.37 Å². The molecule has 26 heavy (non-hydrogen) atoms. The molecule has 2 aliphatic rings. The Morgan fingerprint density at radius 1 is 1.35 bits per heavy atom. The Balaban J connectivity index is 0.00000201. The predicted octanol–water partition coefficient (Wildman–Crippen LogP) is 1.59. The van der Waals surface area contributed by atoms with E-state index in [1.165, 1.54) is 6.66 Å². The third-order valence-electron chi connectivity index (χ3n) is 3.76. The maximum Gasteiger partial charge on any atom is 0 e. The van der Waals surface area contributed by atoms with Crippen molar-refractivity contribution in [2.45, 2.75) is 45.0 Å². The van der Waals surface area contributed by atoms with Crippen molar-refractivity contribution in [3.8, 4) is 0 Å². The molecule has 2 heterocycles. The molecule has 2 rings (SSSR count). The number of hydrogen-bond acceptors (Lipinski definition) is 8. The Morgan fingerprint density at radius 2 is 1.96 bits per heavy atom. The molecule has 9 nitrogen and oxygen atoms in total. The molecule has 2 aliphatic heterocycles. The summed E-state index contributed by atoms with van der Waals surface area (Å²) in [5.41, 5.74) is 0. The number of fused-ring (bicyclic) bond motifs is 2. The molecule has 11 heteroatoms. The number of hydrogen-bond donors (Lipinski definition) is 0. The third kappa shape index (κ3) is 7.59. The molecule has 0 amide bonds. The van der Waals surface area contributed by atoms with Crippen molar-refractivity contribution in [2.24, 2.45) is 11.8 Å². The van der Waals surface area contributed by atoms with Crippen molar-refractivity contribution < 1.29 is 75.3 Å². The summed E-state index contributed by atoms with van der Waals surface area (Å²) in [4.78, 5) is 32.7. The molecule has 2 bridgehead atoms. The number of carbonyl (C=O) groups excluding carboxylic acids is 2. The average Bonchev–Trinajstić information content (AvgIpc) is 3.19. The minimum atomic E-state index is -3.18. The van der Waals surface area contributed by atoms with Gasteiger partial charge in [-0.2, -0.15) is 0 Å². The van der Waals surface area contributed by atoms with E-state index < -0.39 is 31.5 Å². The fraction of sp³-hybridized carbons (Fsp3) is 0.800. The Labute approximate surface area is 177 Å². The van der Waals surface area contributed by atoms with Crippen LogP contribution in [0.4, 0.5) is 0 Å². The van der Waals surface area contributed by atoms with Crippen LogP contribution in [0.15, 0.2) is 0 Å². The molecule has 5 unspecified atom stereocenters. The van der Waals surface area contributed by atoms with Gasteiger partial charge in [-0.15, -0.1) is 0 Å². The van der Waals surface area contributed by atoms with Crippen LogP contribution >= 0.6 is 7.37 Å². The normalized spacial score (nSPS) is 28.4. The topological polar surface area (TPSA) is 117 Å². The molecular weight excluding hydrogens is 444 g/mol. The molecule has 2 fully saturated rings. The summed E-state index contributed by atoms with van der Waals surface area (Å²) < 4.78 is 35.3. The first-order valence-corrected chi connectivity index (χ1v) is 9.99. The summed E-state index contributed by atoms with van der Waals surface area (Å²) in [5.74, 6) is -1.89. The SMILES string of the molecule is CC(C)OOCOP(C)(=O)COC(=O)C1C2CCC(O2)C1[C-]=O.[C-]#[O+].[Y]. The molecule has 0 aliphatic carbocycles. The Hall–Kier alpha value is 0.0539. The first-order chi connectivity index (χ1) is 11.8. The van der Waals surface area contributed by atoms with E-state index in [1.54, 1.807) is 13.8 Å². The molecule has 0 aromatic rings. The van der Waals surface area contributed by atoms with Gasteiger partial charge in [-0.25, -0.2) is 9.78 Å². The van der Waals surface area contributed by atoms with E-state index in [0.717, 1.165) is 6.42 Å². The third-order valence-corrected chi connectivity index (χ3v) is 5.01. The molecule has 0 saturated carbocycles. The van der Waals surface area contributed by atoms with E-state index in [1.807, 2.05) is 6.29 Å². The Kier molecular flexibility index (Phi) is 12.5. The predicted molar refractivity (Wildman–Crippen MR) is 82.2 cm³/mol. The summed E-state index contributed by atoms with van der Waals surface area (Å²) in [7, 11) is -3.18. The van der Waals surface area contributed by atoms with E-state index in [0.29, 0.717) is 6.42 Å². The minimum absolute atomic E-state index is 0. The van der Waals surface area contributed by atoms with E-state index >= 15 is 0 Å². The van der Waals surface area contributed by atoms with Crippen molar-refractivity contribution in [1.29, 1.82) is 0 Å². The first kappa shape index (κ1) is 26.1. The van der Waals surface area contributed by atoms with Crippen molar-refractivity contribution in [3.05, 3.63) is 6.65 Å². The number of ether oxygens (including phenoxy) is 2. The van der Waals surface area contributed by atoms with Crippen LogP contribution < -0.4 is 0 Å². The fourth-order valence-electron chi connectivity index (χ4n) is 2.74. The van der Waals surface area contributed by atoms with Crippen LogP contribution in [0.1, 0.15) is 26.7 Å². The van der Waals surface area contributed by atoms with Gasteiger partial charge in [0.15, 0.2) is 13.1 Å². The Morgan fingerprint density at radius 3 is 2.54 bits per heavy atom. The summed E-state index contributed by atoms with van der Waals surface area (Å²) in [6, 6.07) is 0. The quantitative estimate of drug-likeness (QED) is 0.0735. The zero-order chi connectivity index (χ0) is 19.0. The van der Waals surface area contributed by atoms with Crippen LogP contribution in [0.25, 0.3) is 0 Å². The Bertz CT molecular complexity index is 524. The van der Waals surface area contributed by atoms with E-state index in [4.69, 9.17) is 28.4 Å². The largest absolute Gasteiger partial charge is 0 e. The monoisotopic (exact) mass is 466 g/mol. The smallest absolute Gasteiger partial charge is 0 e. The van der Waals surface area contributed by atoms with Crippen LogP contribution in [0.2, 0.25) is 0 Å². The van der Waals surface area contributed by atoms with Crippen LogP contribution in [-0.2, 0) is 75.3 Å². The van der Waals surface area contributed by atoms with E-state index in [9.17, 15) is 14.2 Å². The van der Waals surface area contributed by atoms with Crippen molar-refractivity contribution in [3.63, 3.8) is 0 Å². The molecule has 5 atom stereocenters. The molecule has 0 aromatic heterocycles. The number of rotatable bonds is 9. The van der Waals surface area contributed by atoms with Crippen LogP contribution in [0.3, 0.4) is 0 Å². The zero-order valence-corrected chi connectivity index (χ0v) is 18.6. The maximum atomic E-state index is 12.2. The fourth-order valence-corrected chi connectivity index (χ4v) is 3.44. The molecule has 0 N–H and O–H groups in total. The summed E-state index contributed by atoms with van der Waals surface area (Å²) >= 11 is 0. The summed E-state index contributed by atoms with van der Waals surface area (Å²) in [6.07, 6.45) is 2.20. The number of carbonyl (C=O) groups is 1. The van der Waals surface area contributed by atoms with Gasteiger partial charge in [-0.3, -0.25) is 20.2 Å². The summed E-state index contributed by atoms with van der Waals surface area (Å²) in [6.45, 7) is 9.04. The second-order valence-corrected chi connectivity index (χ2v) is 8.62. The van der Waals surface area contributed by atoms with Gasteiger partial charge in [0.25, 0.3) is 0 Å². The van der Waals surface area contributed by atoms with E-state index in [-0.39, 0.29) is 57.8 Å². The molecular formula is C15H22O9PY-. The molecule has 2 saturated heterocycles. The van der Waals surface area contributed by atoms with Gasteiger partial charge < -0.3 is 14.3 Å². The second kappa shape index (κ2) is 12.5. The molecule has 145 valence electrons. The minimum Gasteiger partial charge on any atom is 0 e. The van der Waals surface area contributed by atoms with Gasteiger partial charge in [0.05, 0.1) is 18.1 Å². The van der Waals surface area contributed by atoms with Crippen molar-refractivity contribution in [2.75, 3.05) is 19.8 Å². The van der Waals surface area contributed by atoms with E-state index in [2.05, 4.69) is 6.65 Å². The standard InChI is InChI=1S/C14H22O8P.CO.Y/c1-9(2)22-19-7-20-23(3,17)8-18-14(16)13-10(6-15)11-4-5-12(13)21-11;1-2;/h9-13H,4-5,7-8H2,1-3H3;;/q-1;;. The van der Waals surface area contributed by atoms with Crippen molar-refractivity contribution in [1.82, 2.24) is 0 Å². The van der Waals surface area contributed by atoms with Gasteiger partial charge in [0, 0.05) is 45.5 Å². The van der Waals surface area contributed by atoms with Crippen LogP contribution in [0, 0.1) is 18.5 Å². The second-order valence-electron chi connectivity index (χ2n) is 6.08. The maximum absolute atomic E-state index is 12.2. The van der Waals surface area contributed by atoms with Gasteiger partial charge in [-0.05, 0) is 26.7 Å². The molecule has 0 spiro atoms. The molecule has 1 radical (unpaired) electrons. The average molecular weight is 466 g/mol. The molecule has 0 aromatic carbocycles. The zero-order valence-electron chi connectivity index (χ0n) is 14.9. The van der Waals surface area contributed by atoms with Crippen LogP contribution in [-0.4, -0.2) is 50.4 Å². The number of esters is 1. The van der Waals surface area contributed by atoms with Gasteiger partial charge in [-0.1, -0.05) is 5.92 Å². The van der Waals surface area contributed by atoms with Crippen molar-refractivity contribution >= 4 is 19.6 Å².